The number of phenols is 1. The Bertz CT molecular complexity index is 4360. The maximum absolute atomic E-state index is 13.8. The smallest absolute Gasteiger partial charge is 0.326 e. The Morgan fingerprint density at radius 1 is 0.562 bits per heavy atom. The van der Waals surface area contributed by atoms with Gasteiger partial charge in [0, 0.05) is 62.3 Å². The molecule has 19 N–H and O–H groups in total. The van der Waals surface area contributed by atoms with Crippen molar-refractivity contribution in [3.05, 3.63) is 114 Å². The molecule has 4 atom stereocenters. The predicted molar refractivity (Wildman–Crippen MR) is 389 cm³/mol. The third kappa shape index (κ3) is 25.3. The Morgan fingerprint density at radius 2 is 1.12 bits per heavy atom. The molecule has 0 saturated heterocycles. The molecule has 0 aromatic heterocycles. The molecule has 1 aliphatic rings. The molecule has 105 heavy (non-hydrogen) atoms. The Kier molecular flexibility index (Phi) is 30.5. The van der Waals surface area contributed by atoms with Crippen LogP contribution in [0.1, 0.15) is 107 Å². The number of hydrazine groups is 1. The van der Waals surface area contributed by atoms with Crippen molar-refractivity contribution < 1.29 is 99.0 Å². The van der Waals surface area contributed by atoms with Crippen molar-refractivity contribution >= 4 is 118 Å². The van der Waals surface area contributed by atoms with Crippen LogP contribution in [-0.2, 0) is 74.5 Å². The Hall–Kier alpha value is -10.2. The minimum Gasteiger partial charge on any atom is -0.505 e. The summed E-state index contributed by atoms with van der Waals surface area (Å²) in [5, 5.41) is 59.0. The van der Waals surface area contributed by atoms with Gasteiger partial charge in [0.2, 0.25) is 29.5 Å². The normalized spacial score (nSPS) is 14.9. The number of phenolic OH excluding ortho intramolecular Hbond substituents is 1. The number of rotatable bonds is 41. The van der Waals surface area contributed by atoms with E-state index in [1.165, 1.54) is 12.1 Å². The maximum atomic E-state index is 13.8. The molecule has 0 spiro atoms. The second-order valence-electron chi connectivity index (χ2n) is 25.7. The fraction of sp³-hybridized carbons (Fsp3) is 0.423. The lowest BCUT2D eigenvalue weighted by atomic mass is 9.81. The maximum Gasteiger partial charge on any atom is 0.326 e. The lowest BCUT2D eigenvalue weighted by Crippen LogP contribution is -2.51. The van der Waals surface area contributed by atoms with Crippen LogP contribution in [0.4, 0.5) is 27.5 Å². The number of nitrogen functional groups attached to an aromatic ring is 1. The van der Waals surface area contributed by atoms with Gasteiger partial charge in [-0.05, 0) is 165 Å². The summed E-state index contributed by atoms with van der Waals surface area (Å²) in [7, 11) is -10.1. The van der Waals surface area contributed by atoms with Gasteiger partial charge >= 0.3 is 23.9 Å². The van der Waals surface area contributed by atoms with Crippen molar-refractivity contribution in [2.75, 3.05) is 68.0 Å². The van der Waals surface area contributed by atoms with Gasteiger partial charge in [0.1, 0.15) is 33.7 Å². The van der Waals surface area contributed by atoms with Gasteiger partial charge in [-0.25, -0.2) is 14.4 Å². The number of nitrogens with one attached hydrogen (secondary N) is 9. The van der Waals surface area contributed by atoms with E-state index in [4.69, 9.17) is 26.0 Å². The zero-order valence-electron chi connectivity index (χ0n) is 58.0. The lowest BCUT2D eigenvalue weighted by molar-refractivity contribution is -0.141. The van der Waals surface area contributed by atoms with Gasteiger partial charge in [0.05, 0.1) is 54.9 Å². The van der Waals surface area contributed by atoms with Crippen LogP contribution < -0.4 is 59.5 Å². The van der Waals surface area contributed by atoms with Gasteiger partial charge in [-0.3, -0.25) is 43.3 Å². The molecular weight excluding hydrogens is 1410 g/mol. The fourth-order valence-corrected chi connectivity index (χ4v) is 13.4. The number of ether oxygens (including phenoxy) is 2. The quantitative estimate of drug-likeness (QED) is 0.00701. The Labute approximate surface area is 606 Å². The van der Waals surface area contributed by atoms with Gasteiger partial charge in [-0.15, -0.1) is 0 Å². The van der Waals surface area contributed by atoms with E-state index < -0.39 is 114 Å². The summed E-state index contributed by atoms with van der Waals surface area (Å²) in [6.45, 7) is 5.31. The second kappa shape index (κ2) is 39.0. The summed E-state index contributed by atoms with van der Waals surface area (Å²) in [6.07, 6.45) is 3.90. The zero-order valence-corrected chi connectivity index (χ0v) is 59.7. The molecule has 0 radical (unpaired) electrons. The molecule has 6 aromatic carbocycles. The van der Waals surface area contributed by atoms with E-state index in [9.17, 15) is 84.4 Å². The van der Waals surface area contributed by atoms with Crippen molar-refractivity contribution in [2.45, 2.75) is 144 Å². The largest absolute Gasteiger partial charge is 0.505 e. The lowest BCUT2D eigenvalue weighted by Gasteiger charge is -2.29. The first-order valence-electron chi connectivity index (χ1n) is 34.2. The Balaban J connectivity index is 0.721. The molecule has 568 valence electrons. The summed E-state index contributed by atoms with van der Waals surface area (Å²) in [5.41, 5.74) is 22.4. The number of hydrogen-bond donors (Lipinski definition) is 17. The molecule has 0 aliphatic heterocycles. The number of fused-ring (bicyclic) bond motifs is 2. The highest BCUT2D eigenvalue weighted by Crippen LogP contribution is 2.43. The number of urea groups is 1. The van der Waals surface area contributed by atoms with Crippen molar-refractivity contribution in [1.82, 2.24) is 31.9 Å². The molecule has 1 aliphatic carbocycles. The highest BCUT2D eigenvalue weighted by molar-refractivity contribution is 7.87. The number of anilines is 4. The number of aliphatic carboxylic acids is 3. The van der Waals surface area contributed by atoms with Crippen molar-refractivity contribution in [3.8, 4) is 16.9 Å². The topological polar surface area (TPSA) is 522 Å². The van der Waals surface area contributed by atoms with Crippen molar-refractivity contribution in [2.24, 2.45) is 17.6 Å². The number of carboxylic acids is 3. The minimum atomic E-state index is -5.08. The van der Waals surface area contributed by atoms with Gasteiger partial charge in [-0.2, -0.15) is 16.8 Å². The second-order valence-corrected chi connectivity index (χ2v) is 28.5. The third-order valence-electron chi connectivity index (χ3n) is 17.9. The van der Waals surface area contributed by atoms with Gasteiger partial charge in [-0.1, -0.05) is 60.7 Å². The van der Waals surface area contributed by atoms with Crippen LogP contribution in [0.25, 0.3) is 32.7 Å². The van der Waals surface area contributed by atoms with Gasteiger partial charge in [0.25, 0.3) is 20.2 Å². The number of carbonyl (C=O) groups excluding carboxylic acids is 6. The summed E-state index contributed by atoms with van der Waals surface area (Å²) < 4.78 is 78.8. The van der Waals surface area contributed by atoms with Crippen LogP contribution in [0.5, 0.6) is 5.75 Å². The van der Waals surface area contributed by atoms with Gasteiger partial charge in [0.15, 0.2) is 0 Å². The molecule has 7 amide bonds. The third-order valence-corrected chi connectivity index (χ3v) is 19.6. The Morgan fingerprint density at radius 3 is 1.72 bits per heavy atom. The molecule has 7 rings (SSSR count). The first-order chi connectivity index (χ1) is 49.9. The highest BCUT2D eigenvalue weighted by atomic mass is 32.2. The van der Waals surface area contributed by atoms with Gasteiger partial charge < -0.3 is 84.0 Å². The molecule has 1 unspecified atom stereocenters. The average Bonchev–Trinajstić information content (AvgIpc) is 0.743. The summed E-state index contributed by atoms with van der Waals surface area (Å²) in [6, 6.07) is 21.6. The number of benzene rings is 6. The molecule has 0 bridgehead atoms. The van der Waals surface area contributed by atoms with E-state index in [-0.39, 0.29) is 112 Å². The van der Waals surface area contributed by atoms with Crippen LogP contribution in [0.3, 0.4) is 0 Å². The molecule has 6 aromatic rings. The number of aromatic hydroxyl groups is 1. The monoisotopic (exact) mass is 1500 g/mol. The summed E-state index contributed by atoms with van der Waals surface area (Å²) in [4.78, 5) is 111. The van der Waals surface area contributed by atoms with E-state index in [1.807, 2.05) is 80.6 Å². The predicted octanol–water partition coefficient (Wildman–Crippen LogP) is 5.87. The molecule has 1 fully saturated rings. The molecular formula is C71H91N11O21S2. The van der Waals surface area contributed by atoms with Crippen molar-refractivity contribution in [1.29, 1.82) is 0 Å². The standard InChI is InChI=1S/C71H91N11O21S2/c1-41-35-48(49-20-23-53(42(2)36-49)81-82-54-24-21-50-58(104(96,97)98)39-59(105(99,100)101)64(73)63(50)65(54)87)19-22-52(41)77-67(89)51(72)11-5-7-29-74-60(83)27-31-102-33-34-103-32-28-61(84)76-40-43-13-17-46(18-14-43)66(88)78-57(38-44-15-16-45-9-3-4-10-47(45)37-44)68(90)75-30-8-6-12-55(69(91)92)79-71(95)80-56(70(93)94)25-26-62(85)86/h3-4,9-10,15-16,19-24,35-37,39,43,46,51,55-57,81-82,87H,5-8,11-14,17-18,25-34,38,40,72-73H2,1-2H3,(H,74,83)(H,75,90)(H,76,84)(H,77,89)(H,78,88)(H,85,86)(H,91,92)(H,93,94)(H2,79,80,95)(H,96,97,98)(H,99,100,101)/t43?,46?,51?,55-,56-,57-/m0/s1. The van der Waals surface area contributed by atoms with E-state index >= 15 is 0 Å². The van der Waals surface area contributed by atoms with Crippen LogP contribution in [0.15, 0.2) is 107 Å². The number of unbranched alkanes of at least 4 members (excludes halogenated alkanes) is 2. The van der Waals surface area contributed by atoms with E-state index in [0.717, 1.165) is 38.6 Å². The summed E-state index contributed by atoms with van der Waals surface area (Å²) in [5.74, 6) is -6.52. The number of amides is 7. The number of nitrogens with two attached hydrogens (primary N) is 2. The van der Waals surface area contributed by atoms with E-state index in [2.05, 4.69) is 48.1 Å². The summed E-state index contributed by atoms with van der Waals surface area (Å²) >= 11 is 0. The molecule has 34 heteroatoms. The first kappa shape index (κ1) is 82.1. The van der Waals surface area contributed by atoms with Crippen LogP contribution in [0, 0.1) is 25.7 Å². The molecule has 0 heterocycles. The van der Waals surface area contributed by atoms with Crippen LogP contribution in [-0.4, -0.2) is 170 Å². The minimum absolute atomic E-state index is 0.0513. The van der Waals surface area contributed by atoms with Crippen LogP contribution in [0.2, 0.25) is 0 Å². The van der Waals surface area contributed by atoms with Crippen LogP contribution >= 0.6 is 0 Å². The average molecular weight is 1500 g/mol. The SMILES string of the molecule is Cc1cc(-c2ccc(NC(=O)C(N)CCCCNC(=O)CCOCCOCCC(=O)NCC3CCC(C(=O)N[C@@H](Cc4ccc5ccccc5c4)C(=O)NCCCC[C@H](NC(=O)N[C@@H](CCC(=O)O)C(=O)O)C(=O)O)CC3)c(C)c2)ccc1NNc1ccc2c(S(=O)(=O)O)cc(S(=O)(=O)O)c(N)c2c1O. The molecule has 32 nitrogen and oxygen atoms in total. The number of aryl methyl sites for hydroxylation is 2. The fourth-order valence-electron chi connectivity index (χ4n) is 11.9. The number of carbonyl (C=O) groups is 9. The van der Waals surface area contributed by atoms with E-state index in [0.29, 0.717) is 81.9 Å². The first-order valence-corrected chi connectivity index (χ1v) is 37.1. The number of hydrogen-bond acceptors (Lipinski definition) is 20. The van der Waals surface area contributed by atoms with Crippen molar-refractivity contribution in [3.63, 3.8) is 0 Å². The zero-order chi connectivity index (χ0) is 76.5. The molecule has 1 saturated carbocycles. The number of carboxylic acid groups (broad SMARTS) is 3. The highest BCUT2D eigenvalue weighted by Gasteiger charge is 2.32. The van der Waals surface area contributed by atoms with E-state index in [1.54, 1.807) is 12.1 Å².